The van der Waals surface area contributed by atoms with E-state index in [9.17, 15) is 9.90 Å². The van der Waals surface area contributed by atoms with E-state index in [0.29, 0.717) is 34.0 Å². The minimum Gasteiger partial charge on any atom is -0.460 e. The lowest BCUT2D eigenvalue weighted by molar-refractivity contribution is -0.171. The highest BCUT2D eigenvalue weighted by molar-refractivity contribution is 7.12. The molecule has 3 aliphatic heterocycles. The molecule has 0 spiro atoms. The second-order valence-electron chi connectivity index (χ2n) is 7.03. The van der Waals surface area contributed by atoms with Crippen molar-refractivity contribution in [1.29, 1.82) is 0 Å². The van der Waals surface area contributed by atoms with Crippen LogP contribution in [-0.2, 0) is 19.9 Å². The van der Waals surface area contributed by atoms with Crippen LogP contribution in [0.1, 0.15) is 22.6 Å². The van der Waals surface area contributed by atoms with Gasteiger partial charge in [0.1, 0.15) is 18.3 Å². The maximum absolute atomic E-state index is 13.0. The number of hydrogen-bond donors (Lipinski definition) is 1. The van der Waals surface area contributed by atoms with Crippen LogP contribution in [0.25, 0.3) is 0 Å². The summed E-state index contributed by atoms with van der Waals surface area (Å²) < 4.78 is 11.5. The Hall–Kier alpha value is -1.25. The van der Waals surface area contributed by atoms with E-state index in [2.05, 4.69) is 11.9 Å². The van der Waals surface area contributed by atoms with Gasteiger partial charge in [0.2, 0.25) is 5.60 Å². The van der Waals surface area contributed by atoms with Crippen LogP contribution in [0.5, 0.6) is 0 Å². The van der Waals surface area contributed by atoms with Gasteiger partial charge in [-0.1, -0.05) is 12.1 Å². The van der Waals surface area contributed by atoms with Gasteiger partial charge in [-0.2, -0.15) is 0 Å². The topological polar surface area (TPSA) is 62.3 Å². The summed E-state index contributed by atoms with van der Waals surface area (Å²) in [5.41, 5.74) is -1.72. The van der Waals surface area contributed by atoms with E-state index in [1.54, 1.807) is 12.1 Å². The van der Waals surface area contributed by atoms with Crippen molar-refractivity contribution in [2.24, 2.45) is 0 Å². The summed E-state index contributed by atoms with van der Waals surface area (Å²) in [4.78, 5) is 16.6. The molecule has 5 heterocycles. The first kappa shape index (κ1) is 16.0. The standard InChI is InChI=1S/C18H19NO4S2/c1-19-11-8-10(9-12(19)16-15(11)23-16)22-17(20)18(21,13-4-2-6-24-13)14-5-3-7-25-14/h2-7,10-12,15-16,21H,8-9H2,1H3/t10?,11?,12?,15-,16?/m1/s1. The van der Waals surface area contributed by atoms with Crippen molar-refractivity contribution in [2.45, 2.75) is 48.8 Å². The molecule has 0 radical (unpaired) electrons. The largest absolute Gasteiger partial charge is 0.460 e. The first-order chi connectivity index (χ1) is 12.1. The Bertz CT molecular complexity index is 723. The van der Waals surface area contributed by atoms with Gasteiger partial charge in [-0.3, -0.25) is 4.90 Å². The summed E-state index contributed by atoms with van der Waals surface area (Å²) >= 11 is 2.73. The van der Waals surface area contributed by atoms with Crippen LogP contribution in [0.3, 0.4) is 0 Å². The lowest BCUT2D eigenvalue weighted by Crippen LogP contribution is -2.49. The molecule has 0 saturated carbocycles. The predicted molar refractivity (Wildman–Crippen MR) is 94.8 cm³/mol. The number of fused-ring (bicyclic) bond motifs is 5. The zero-order valence-electron chi connectivity index (χ0n) is 13.7. The molecule has 3 aliphatic rings. The Morgan fingerprint density at radius 1 is 1.20 bits per heavy atom. The highest BCUT2D eigenvalue weighted by Gasteiger charge is 2.63. The van der Waals surface area contributed by atoms with Crippen LogP contribution < -0.4 is 0 Å². The van der Waals surface area contributed by atoms with E-state index in [4.69, 9.17) is 9.47 Å². The Kier molecular flexibility index (Phi) is 3.59. The lowest BCUT2D eigenvalue weighted by atomic mass is 9.97. The van der Waals surface area contributed by atoms with E-state index < -0.39 is 11.6 Å². The third-order valence-corrected chi connectivity index (χ3v) is 7.66. The molecule has 0 aliphatic carbocycles. The quantitative estimate of drug-likeness (QED) is 0.654. The van der Waals surface area contributed by atoms with Crippen molar-refractivity contribution < 1.29 is 19.4 Å². The summed E-state index contributed by atoms with van der Waals surface area (Å²) in [5.74, 6) is -0.569. The number of ether oxygens (including phenoxy) is 2. The zero-order valence-corrected chi connectivity index (χ0v) is 15.3. The number of piperidine rings is 1. The predicted octanol–water partition coefficient (Wildman–Crippen LogP) is 2.20. The van der Waals surface area contributed by atoms with Gasteiger partial charge >= 0.3 is 5.97 Å². The van der Waals surface area contributed by atoms with E-state index in [0.717, 1.165) is 12.8 Å². The number of likely N-dealkylation sites (N-methyl/N-ethyl adjacent to an activating group) is 1. The molecule has 25 heavy (non-hydrogen) atoms. The van der Waals surface area contributed by atoms with Crippen molar-refractivity contribution in [3.05, 3.63) is 44.8 Å². The average Bonchev–Trinajstić information content (AvgIpc) is 2.97. The number of carbonyl (C=O) groups is 1. The number of carbonyl (C=O) groups excluding carboxylic acids is 1. The molecular formula is C18H19NO4S2. The SMILES string of the molecule is CN1C2CC(OC(=O)C(O)(c3cccs3)c3cccs3)CC1[C@H]1OC21. The Morgan fingerprint density at radius 3 is 2.24 bits per heavy atom. The Morgan fingerprint density at radius 2 is 1.76 bits per heavy atom. The van der Waals surface area contributed by atoms with E-state index in [1.165, 1.54) is 22.7 Å². The summed E-state index contributed by atoms with van der Waals surface area (Å²) in [6.45, 7) is 0. The van der Waals surface area contributed by atoms with Crippen LogP contribution in [0.4, 0.5) is 0 Å². The van der Waals surface area contributed by atoms with E-state index >= 15 is 0 Å². The van der Waals surface area contributed by atoms with Gasteiger partial charge in [0.15, 0.2) is 0 Å². The van der Waals surface area contributed by atoms with Crippen LogP contribution in [0.2, 0.25) is 0 Å². The Labute approximate surface area is 153 Å². The first-order valence-electron chi connectivity index (χ1n) is 8.48. The third-order valence-electron chi connectivity index (χ3n) is 5.70. The van der Waals surface area contributed by atoms with Gasteiger partial charge < -0.3 is 14.6 Å². The summed E-state index contributed by atoms with van der Waals surface area (Å²) in [6, 6.07) is 7.88. The summed E-state index contributed by atoms with van der Waals surface area (Å²) in [5, 5.41) is 15.0. The van der Waals surface area contributed by atoms with Crippen molar-refractivity contribution in [3.63, 3.8) is 0 Å². The second kappa shape index (κ2) is 5.62. The molecular weight excluding hydrogens is 358 g/mol. The van der Waals surface area contributed by atoms with Gasteiger partial charge in [-0.15, -0.1) is 22.7 Å². The number of epoxide rings is 1. The maximum atomic E-state index is 13.0. The highest BCUT2D eigenvalue weighted by atomic mass is 32.1. The summed E-state index contributed by atoms with van der Waals surface area (Å²) in [6.07, 6.45) is 1.97. The first-order valence-corrected chi connectivity index (χ1v) is 10.2. The molecule has 3 saturated heterocycles. The molecule has 0 amide bonds. The molecule has 7 heteroatoms. The molecule has 2 aromatic rings. The fourth-order valence-electron chi connectivity index (χ4n) is 4.32. The van der Waals surface area contributed by atoms with Crippen molar-refractivity contribution >= 4 is 28.6 Å². The molecule has 5 nitrogen and oxygen atoms in total. The molecule has 3 fully saturated rings. The molecule has 0 aromatic carbocycles. The molecule has 2 bridgehead atoms. The van der Waals surface area contributed by atoms with E-state index in [-0.39, 0.29) is 6.10 Å². The summed E-state index contributed by atoms with van der Waals surface area (Å²) in [7, 11) is 2.12. The van der Waals surface area contributed by atoms with Crippen molar-refractivity contribution in [3.8, 4) is 0 Å². The molecule has 5 atom stereocenters. The number of rotatable bonds is 4. The molecule has 132 valence electrons. The highest BCUT2D eigenvalue weighted by Crippen LogP contribution is 2.48. The van der Waals surface area contributed by atoms with Crippen molar-refractivity contribution in [1.82, 2.24) is 4.90 Å². The third kappa shape index (κ3) is 2.34. The number of thiophene rings is 2. The monoisotopic (exact) mass is 377 g/mol. The fraction of sp³-hybridized carbons (Fsp3) is 0.500. The number of morpholine rings is 1. The molecule has 1 N–H and O–H groups in total. The van der Waals surface area contributed by atoms with Gasteiger partial charge in [0.25, 0.3) is 0 Å². The van der Waals surface area contributed by atoms with Gasteiger partial charge in [0, 0.05) is 24.9 Å². The Balaban J connectivity index is 1.39. The fourth-order valence-corrected chi connectivity index (χ4v) is 6.04. The van der Waals surface area contributed by atoms with Crippen molar-refractivity contribution in [2.75, 3.05) is 7.05 Å². The van der Waals surface area contributed by atoms with Gasteiger partial charge in [-0.25, -0.2) is 4.79 Å². The smallest absolute Gasteiger partial charge is 0.349 e. The zero-order chi connectivity index (χ0) is 17.2. The number of hydrogen-bond acceptors (Lipinski definition) is 7. The lowest BCUT2D eigenvalue weighted by Gasteiger charge is -2.38. The van der Waals surface area contributed by atoms with Gasteiger partial charge in [0.05, 0.1) is 9.75 Å². The van der Waals surface area contributed by atoms with Crippen LogP contribution in [-0.4, -0.2) is 53.4 Å². The molecule has 2 aromatic heterocycles. The minimum absolute atomic E-state index is 0.165. The van der Waals surface area contributed by atoms with Crippen LogP contribution in [0, 0.1) is 0 Å². The second-order valence-corrected chi connectivity index (χ2v) is 8.92. The maximum Gasteiger partial charge on any atom is 0.349 e. The average molecular weight is 377 g/mol. The van der Waals surface area contributed by atoms with Crippen LogP contribution >= 0.6 is 22.7 Å². The minimum atomic E-state index is -1.72. The van der Waals surface area contributed by atoms with E-state index in [1.807, 2.05) is 22.9 Å². The number of nitrogens with zero attached hydrogens (tertiary/aromatic N) is 1. The number of esters is 1. The van der Waals surface area contributed by atoms with Crippen LogP contribution in [0.15, 0.2) is 35.0 Å². The molecule has 5 rings (SSSR count). The number of aliphatic hydroxyl groups is 1. The molecule has 4 unspecified atom stereocenters. The van der Waals surface area contributed by atoms with Gasteiger partial charge in [-0.05, 0) is 29.9 Å². The normalized spacial score (nSPS) is 33.9.